The summed E-state index contributed by atoms with van der Waals surface area (Å²) in [7, 11) is 0. The van der Waals surface area contributed by atoms with Crippen LogP contribution >= 0.6 is 0 Å². The molecule has 22 heteroatoms. The van der Waals surface area contributed by atoms with Crippen LogP contribution in [0.1, 0.15) is 135 Å². The highest BCUT2D eigenvalue weighted by atomic mass is 16.5. The third-order valence-electron chi connectivity index (χ3n) is 10.0. The average Bonchev–Trinajstić information content (AvgIpc) is 3.29. The molecule has 0 aromatic heterocycles. The first kappa shape index (κ1) is 62.2. The number of carboxylic acids is 2. The molecule has 0 saturated heterocycles. The minimum Gasteiger partial charge on any atom is -0.481 e. The maximum atomic E-state index is 12.3. The lowest BCUT2D eigenvalue weighted by Crippen LogP contribution is -2.44. The van der Waals surface area contributed by atoms with Gasteiger partial charge in [-0.3, -0.25) is 33.6 Å². The Morgan fingerprint density at radius 3 is 1.49 bits per heavy atom. The summed E-state index contributed by atoms with van der Waals surface area (Å²) in [6.07, 6.45) is 12.9. The number of ether oxygens (including phenoxy) is 4. The van der Waals surface area contributed by atoms with Crippen LogP contribution in [0.2, 0.25) is 0 Å². The summed E-state index contributed by atoms with van der Waals surface area (Å²) in [5, 5.41) is 43.3. The molecule has 0 rings (SSSR count). The monoisotopic (exact) mass is 961 g/mol. The van der Waals surface area contributed by atoms with E-state index in [1.807, 2.05) is 6.92 Å². The molecule has 0 aliphatic carbocycles. The van der Waals surface area contributed by atoms with Crippen molar-refractivity contribution in [2.24, 2.45) is 0 Å². The van der Waals surface area contributed by atoms with Crippen molar-refractivity contribution in [2.45, 2.75) is 153 Å². The van der Waals surface area contributed by atoms with Gasteiger partial charge in [-0.15, -0.1) is 0 Å². The summed E-state index contributed by atoms with van der Waals surface area (Å²) in [5.74, 6) is -4.39. The molecule has 0 fully saturated rings. The molecule has 0 spiro atoms. The molecular weight excluding hydrogens is 881 g/mol. The molecule has 3 atom stereocenters. The van der Waals surface area contributed by atoms with E-state index in [9.17, 15) is 53.4 Å². The topological polar surface area (TPSA) is 323 Å². The molecule has 6 amide bonds. The summed E-state index contributed by atoms with van der Waals surface area (Å²) in [6, 6.07) is -2.77. The van der Waals surface area contributed by atoms with E-state index in [1.165, 1.54) is 0 Å². The molecule has 22 nitrogen and oxygen atoms in total. The predicted octanol–water partition coefficient (Wildman–Crippen LogP) is 1.04. The average molecular weight is 961 g/mol. The zero-order valence-electron chi connectivity index (χ0n) is 39.6. The maximum Gasteiger partial charge on any atom is 0.326 e. The molecule has 0 radical (unpaired) electrons. The third-order valence-corrected chi connectivity index (χ3v) is 10.0. The van der Waals surface area contributed by atoms with Gasteiger partial charge < -0.3 is 71.0 Å². The van der Waals surface area contributed by atoms with Gasteiger partial charge in [-0.25, -0.2) is 4.79 Å². The largest absolute Gasteiger partial charge is 0.481 e. The van der Waals surface area contributed by atoms with Gasteiger partial charge in [-0.2, -0.15) is 0 Å². The summed E-state index contributed by atoms with van der Waals surface area (Å²) in [5.41, 5.74) is 0. The standard InChI is InChI=1S/C45H80N6O16/c1-2-3-22-46-38(54)19-16-36(32-53)50-41(57)21-18-37(45(62)63)51-43(59)34-67-30-28-65-26-24-48-42(58)33-66-29-27-64-25-23-47-39(55)20-17-35(31-52)49-40(56)14-12-10-8-6-4-5-7-9-11-13-15-44(60)61/h31,35-37,53H,2-30,32-34H2,1H3,(H,46,54)(H,47,55)(H,48,58)(H,49,56)(H,50,57)(H,51,59)(H,60,61)(H,62,63)/t35-,36-,37-/m0/s1. The second-order valence-corrected chi connectivity index (χ2v) is 16.0. The van der Waals surface area contributed by atoms with Gasteiger partial charge in [0.25, 0.3) is 0 Å². The first-order chi connectivity index (χ1) is 32.3. The van der Waals surface area contributed by atoms with Crippen molar-refractivity contribution in [1.29, 1.82) is 0 Å². The molecule has 0 aliphatic rings. The van der Waals surface area contributed by atoms with Crippen LogP contribution in [-0.2, 0) is 62.1 Å². The number of aliphatic hydroxyl groups is 1. The van der Waals surface area contributed by atoms with Crippen molar-refractivity contribution in [3.05, 3.63) is 0 Å². The molecule has 0 unspecified atom stereocenters. The van der Waals surface area contributed by atoms with Crippen LogP contribution in [0.5, 0.6) is 0 Å². The molecule has 67 heavy (non-hydrogen) atoms. The molecular formula is C45H80N6O16. The second kappa shape index (κ2) is 43.8. The maximum absolute atomic E-state index is 12.3. The fourth-order valence-corrected chi connectivity index (χ4v) is 6.23. The molecule has 0 bridgehead atoms. The van der Waals surface area contributed by atoms with Gasteiger partial charge >= 0.3 is 11.9 Å². The molecule has 0 aromatic rings. The van der Waals surface area contributed by atoms with Gasteiger partial charge in [-0.1, -0.05) is 64.7 Å². The minimum atomic E-state index is -1.35. The van der Waals surface area contributed by atoms with Crippen molar-refractivity contribution >= 4 is 53.7 Å². The highest BCUT2D eigenvalue weighted by molar-refractivity contribution is 5.85. The number of carbonyl (C=O) groups excluding carboxylic acids is 7. The number of aliphatic hydroxyl groups excluding tert-OH is 1. The number of unbranched alkanes of at least 4 members (excludes halogenated alkanes) is 10. The van der Waals surface area contributed by atoms with E-state index in [2.05, 4.69) is 31.9 Å². The molecule has 386 valence electrons. The van der Waals surface area contributed by atoms with Gasteiger partial charge in [0.2, 0.25) is 35.4 Å². The van der Waals surface area contributed by atoms with Gasteiger partial charge in [0, 0.05) is 51.7 Å². The van der Waals surface area contributed by atoms with Crippen molar-refractivity contribution in [3.8, 4) is 0 Å². The molecule has 0 saturated carbocycles. The molecule has 0 heterocycles. The lowest BCUT2D eigenvalue weighted by atomic mass is 10.0. The Bertz CT molecular complexity index is 1410. The first-order valence-corrected chi connectivity index (χ1v) is 23.8. The molecule has 0 aliphatic heterocycles. The van der Waals surface area contributed by atoms with Gasteiger partial charge in [0.15, 0.2) is 0 Å². The Morgan fingerprint density at radius 1 is 0.478 bits per heavy atom. The smallest absolute Gasteiger partial charge is 0.326 e. The number of amides is 6. The van der Waals surface area contributed by atoms with E-state index in [1.54, 1.807) is 0 Å². The van der Waals surface area contributed by atoms with Crippen molar-refractivity contribution in [1.82, 2.24) is 31.9 Å². The molecule has 0 aromatic carbocycles. The van der Waals surface area contributed by atoms with Crippen molar-refractivity contribution < 1.29 is 77.4 Å². The van der Waals surface area contributed by atoms with Crippen LogP contribution in [-0.4, -0.2) is 166 Å². The number of hydrogen-bond donors (Lipinski definition) is 9. The lowest BCUT2D eigenvalue weighted by Gasteiger charge is -2.18. The van der Waals surface area contributed by atoms with Gasteiger partial charge in [0.1, 0.15) is 25.5 Å². The summed E-state index contributed by atoms with van der Waals surface area (Å²) < 4.78 is 21.2. The Hall–Kier alpha value is -4.77. The number of hydrogen-bond acceptors (Lipinski definition) is 14. The lowest BCUT2D eigenvalue weighted by molar-refractivity contribution is -0.143. The second-order valence-electron chi connectivity index (χ2n) is 16.0. The normalized spacial score (nSPS) is 12.3. The Balaban J connectivity index is 3.84. The highest BCUT2D eigenvalue weighted by Gasteiger charge is 2.22. The van der Waals surface area contributed by atoms with Crippen LogP contribution in [0.3, 0.4) is 0 Å². The zero-order valence-corrected chi connectivity index (χ0v) is 39.6. The van der Waals surface area contributed by atoms with E-state index in [0.717, 1.165) is 77.0 Å². The Labute approximate surface area is 394 Å². The number of rotatable bonds is 47. The number of nitrogens with one attached hydrogen (secondary N) is 6. The third kappa shape index (κ3) is 41.2. The first-order valence-electron chi connectivity index (χ1n) is 23.8. The summed E-state index contributed by atoms with van der Waals surface area (Å²) in [4.78, 5) is 106. The fourth-order valence-electron chi connectivity index (χ4n) is 6.23. The van der Waals surface area contributed by atoms with E-state index < -0.39 is 55.1 Å². The van der Waals surface area contributed by atoms with E-state index in [-0.39, 0.29) is 128 Å². The van der Waals surface area contributed by atoms with Crippen LogP contribution in [0.15, 0.2) is 0 Å². The Kier molecular flexibility index (Phi) is 40.7. The van der Waals surface area contributed by atoms with E-state index in [4.69, 9.17) is 24.1 Å². The van der Waals surface area contributed by atoms with E-state index in [0.29, 0.717) is 19.3 Å². The number of carbonyl (C=O) groups is 9. The van der Waals surface area contributed by atoms with Gasteiger partial charge in [-0.05, 0) is 38.5 Å². The van der Waals surface area contributed by atoms with Crippen LogP contribution in [0, 0.1) is 0 Å². The quantitative estimate of drug-likeness (QED) is 0.0304. The molecule has 9 N–H and O–H groups in total. The van der Waals surface area contributed by atoms with Gasteiger partial charge in [0.05, 0.1) is 58.3 Å². The summed E-state index contributed by atoms with van der Waals surface area (Å²) in [6.45, 7) is 2.69. The van der Waals surface area contributed by atoms with Crippen LogP contribution in [0.25, 0.3) is 0 Å². The zero-order chi connectivity index (χ0) is 49.8. The van der Waals surface area contributed by atoms with E-state index >= 15 is 0 Å². The van der Waals surface area contributed by atoms with Crippen molar-refractivity contribution in [2.75, 3.05) is 79.1 Å². The SMILES string of the molecule is CCCCNC(=O)CC[C@@H](CO)NC(=O)CC[C@H](NC(=O)COCCOCCNC(=O)COCCOCCNC(=O)CC[C@@H](C=O)NC(=O)CCCCCCCCCCCCC(=O)O)C(=O)O. The van der Waals surface area contributed by atoms with Crippen LogP contribution in [0.4, 0.5) is 0 Å². The highest BCUT2D eigenvalue weighted by Crippen LogP contribution is 2.12. The number of aldehydes is 1. The Morgan fingerprint density at radius 2 is 0.955 bits per heavy atom. The number of aliphatic carboxylic acids is 2. The minimum absolute atomic E-state index is 0.0133. The van der Waals surface area contributed by atoms with Crippen molar-refractivity contribution in [3.63, 3.8) is 0 Å². The number of carboxylic acid groups (broad SMARTS) is 2. The predicted molar refractivity (Wildman–Crippen MR) is 245 cm³/mol. The van der Waals surface area contributed by atoms with Crippen LogP contribution < -0.4 is 31.9 Å². The fraction of sp³-hybridized carbons (Fsp3) is 0.800. The summed E-state index contributed by atoms with van der Waals surface area (Å²) >= 11 is 0.